The number of rotatable bonds is 4. The van der Waals surface area contributed by atoms with Gasteiger partial charge >= 0.3 is 0 Å². The highest BCUT2D eigenvalue weighted by molar-refractivity contribution is 6.05. The predicted octanol–water partition coefficient (Wildman–Crippen LogP) is 2.93. The molecule has 0 unspecified atom stereocenters. The van der Waals surface area contributed by atoms with Crippen LogP contribution in [0.15, 0.2) is 42.7 Å². The lowest BCUT2D eigenvalue weighted by molar-refractivity contribution is 0.0919. The molecule has 2 aromatic rings. The Hall–Kier alpha value is -2.89. The van der Waals surface area contributed by atoms with Gasteiger partial charge in [0.25, 0.3) is 11.8 Å². The Morgan fingerprint density at radius 3 is 2.04 bits per heavy atom. The minimum Gasteiger partial charge on any atom is -0.378 e. The molecular formula is C19H24N4O2. The first kappa shape index (κ1) is 18.4. The summed E-state index contributed by atoms with van der Waals surface area (Å²) in [5, 5.41) is 5.66. The van der Waals surface area contributed by atoms with Gasteiger partial charge in [-0.2, -0.15) is 0 Å². The molecule has 0 saturated carbocycles. The molecule has 6 nitrogen and oxygen atoms in total. The fourth-order valence-electron chi connectivity index (χ4n) is 2.15. The van der Waals surface area contributed by atoms with Crippen LogP contribution in [0.2, 0.25) is 0 Å². The molecule has 132 valence electrons. The second-order valence-corrected chi connectivity index (χ2v) is 7.06. The summed E-state index contributed by atoms with van der Waals surface area (Å²) in [5.74, 6) is -0.569. The molecule has 0 aliphatic heterocycles. The van der Waals surface area contributed by atoms with Crippen molar-refractivity contribution in [3.05, 3.63) is 53.9 Å². The fourth-order valence-corrected chi connectivity index (χ4v) is 2.15. The second-order valence-electron chi connectivity index (χ2n) is 7.06. The third-order valence-electron chi connectivity index (χ3n) is 3.39. The number of anilines is 2. The summed E-state index contributed by atoms with van der Waals surface area (Å²) in [5.41, 5.74) is 2.05. The molecule has 0 aliphatic carbocycles. The van der Waals surface area contributed by atoms with E-state index >= 15 is 0 Å². The van der Waals surface area contributed by atoms with Crippen molar-refractivity contribution in [2.24, 2.45) is 0 Å². The molecule has 1 heterocycles. The molecule has 1 aromatic carbocycles. The van der Waals surface area contributed by atoms with E-state index in [-0.39, 0.29) is 17.4 Å². The Bertz CT molecular complexity index is 762. The maximum atomic E-state index is 12.4. The highest BCUT2D eigenvalue weighted by Crippen LogP contribution is 2.16. The van der Waals surface area contributed by atoms with Crippen molar-refractivity contribution in [3.63, 3.8) is 0 Å². The predicted molar refractivity (Wildman–Crippen MR) is 100 cm³/mol. The van der Waals surface area contributed by atoms with Crippen molar-refractivity contribution >= 4 is 23.2 Å². The van der Waals surface area contributed by atoms with Crippen LogP contribution in [-0.4, -0.2) is 36.4 Å². The van der Waals surface area contributed by atoms with Gasteiger partial charge in [0.1, 0.15) is 0 Å². The van der Waals surface area contributed by atoms with Crippen LogP contribution in [0.3, 0.4) is 0 Å². The van der Waals surface area contributed by atoms with Gasteiger partial charge in [-0.05, 0) is 51.1 Å². The van der Waals surface area contributed by atoms with Crippen molar-refractivity contribution in [1.82, 2.24) is 10.3 Å². The Labute approximate surface area is 148 Å². The summed E-state index contributed by atoms with van der Waals surface area (Å²) < 4.78 is 0. The summed E-state index contributed by atoms with van der Waals surface area (Å²) in [6.45, 7) is 5.69. The lowest BCUT2D eigenvalue weighted by Gasteiger charge is -2.20. The average molecular weight is 340 g/mol. The summed E-state index contributed by atoms with van der Waals surface area (Å²) in [4.78, 5) is 30.6. The zero-order valence-electron chi connectivity index (χ0n) is 15.3. The first-order chi connectivity index (χ1) is 11.7. The van der Waals surface area contributed by atoms with Crippen LogP contribution >= 0.6 is 0 Å². The number of hydrogen-bond acceptors (Lipinski definition) is 4. The Morgan fingerprint density at radius 2 is 1.52 bits per heavy atom. The van der Waals surface area contributed by atoms with E-state index < -0.39 is 0 Å². The highest BCUT2D eigenvalue weighted by atomic mass is 16.2. The van der Waals surface area contributed by atoms with Gasteiger partial charge in [-0.25, -0.2) is 0 Å². The number of amides is 2. The molecule has 2 N–H and O–H groups in total. The zero-order valence-corrected chi connectivity index (χ0v) is 15.3. The Kier molecular flexibility index (Phi) is 5.41. The third-order valence-corrected chi connectivity index (χ3v) is 3.39. The summed E-state index contributed by atoms with van der Waals surface area (Å²) >= 11 is 0. The van der Waals surface area contributed by atoms with E-state index in [2.05, 4.69) is 15.6 Å². The van der Waals surface area contributed by atoms with Crippen LogP contribution in [0.4, 0.5) is 11.4 Å². The molecule has 0 fully saturated rings. The van der Waals surface area contributed by atoms with E-state index in [1.807, 2.05) is 64.0 Å². The van der Waals surface area contributed by atoms with E-state index in [1.54, 1.807) is 0 Å². The molecule has 0 bridgehead atoms. The number of benzene rings is 1. The zero-order chi connectivity index (χ0) is 18.6. The Morgan fingerprint density at radius 1 is 0.960 bits per heavy atom. The first-order valence-corrected chi connectivity index (χ1v) is 8.02. The van der Waals surface area contributed by atoms with Crippen LogP contribution in [-0.2, 0) is 0 Å². The number of carbonyl (C=O) groups is 2. The van der Waals surface area contributed by atoms with Crippen molar-refractivity contribution < 1.29 is 9.59 Å². The lowest BCUT2D eigenvalue weighted by atomic mass is 10.1. The highest BCUT2D eigenvalue weighted by Gasteiger charge is 2.17. The van der Waals surface area contributed by atoms with Gasteiger partial charge in [-0.15, -0.1) is 0 Å². The van der Waals surface area contributed by atoms with E-state index in [9.17, 15) is 9.59 Å². The van der Waals surface area contributed by atoms with Gasteiger partial charge in [0.2, 0.25) is 0 Å². The molecule has 0 atom stereocenters. The molecule has 0 radical (unpaired) electrons. The number of aromatic nitrogens is 1. The normalized spacial score (nSPS) is 10.9. The van der Waals surface area contributed by atoms with Gasteiger partial charge in [-0.3, -0.25) is 14.6 Å². The van der Waals surface area contributed by atoms with Gasteiger partial charge in [0, 0.05) is 43.4 Å². The molecular weight excluding hydrogens is 316 g/mol. The summed E-state index contributed by atoms with van der Waals surface area (Å²) in [7, 11) is 3.90. The largest absolute Gasteiger partial charge is 0.378 e. The van der Waals surface area contributed by atoms with Crippen molar-refractivity contribution in [2.45, 2.75) is 26.3 Å². The maximum Gasteiger partial charge on any atom is 0.257 e. The monoisotopic (exact) mass is 340 g/mol. The molecule has 2 rings (SSSR count). The van der Waals surface area contributed by atoms with Crippen LogP contribution < -0.4 is 15.5 Å². The molecule has 0 saturated heterocycles. The quantitative estimate of drug-likeness (QED) is 0.897. The number of carbonyl (C=O) groups excluding carboxylic acids is 2. The molecule has 1 aromatic heterocycles. The van der Waals surface area contributed by atoms with Crippen molar-refractivity contribution in [3.8, 4) is 0 Å². The van der Waals surface area contributed by atoms with Gasteiger partial charge < -0.3 is 15.5 Å². The summed E-state index contributed by atoms with van der Waals surface area (Å²) in [6.07, 6.45) is 2.89. The second kappa shape index (κ2) is 7.34. The molecule has 25 heavy (non-hydrogen) atoms. The molecule has 2 amide bonds. The number of pyridine rings is 1. The minimum absolute atomic E-state index is 0.259. The smallest absolute Gasteiger partial charge is 0.257 e. The fraction of sp³-hybridized carbons (Fsp3) is 0.316. The van der Waals surface area contributed by atoms with E-state index in [4.69, 9.17) is 0 Å². The van der Waals surface area contributed by atoms with Crippen LogP contribution in [0.25, 0.3) is 0 Å². The van der Waals surface area contributed by atoms with Crippen LogP contribution in [0, 0.1) is 0 Å². The van der Waals surface area contributed by atoms with Crippen LogP contribution in [0.1, 0.15) is 41.5 Å². The van der Waals surface area contributed by atoms with Gasteiger partial charge in [0.15, 0.2) is 0 Å². The van der Waals surface area contributed by atoms with Crippen molar-refractivity contribution in [1.29, 1.82) is 0 Å². The maximum absolute atomic E-state index is 12.4. The van der Waals surface area contributed by atoms with E-state index in [1.165, 1.54) is 18.5 Å². The number of hydrogen-bond donors (Lipinski definition) is 2. The van der Waals surface area contributed by atoms with E-state index in [0.717, 1.165) is 5.69 Å². The Balaban J connectivity index is 2.11. The summed E-state index contributed by atoms with van der Waals surface area (Å²) in [6, 6.07) is 9.04. The first-order valence-electron chi connectivity index (χ1n) is 8.02. The lowest BCUT2D eigenvalue weighted by Crippen LogP contribution is -2.40. The average Bonchev–Trinajstić information content (AvgIpc) is 2.54. The van der Waals surface area contributed by atoms with Gasteiger partial charge in [0.05, 0.1) is 11.1 Å². The number of nitrogens with one attached hydrogen (secondary N) is 2. The standard InChI is InChI=1S/C19H24N4O2/c1-19(2,3)22-18(25)14-10-13(11-20-12-14)17(24)21-15-6-8-16(9-7-15)23(4)5/h6-12H,1-5H3,(H,21,24)(H,22,25). The van der Waals surface area contributed by atoms with Gasteiger partial charge in [-0.1, -0.05) is 0 Å². The molecule has 0 spiro atoms. The van der Waals surface area contributed by atoms with E-state index in [0.29, 0.717) is 16.8 Å². The molecule has 0 aliphatic rings. The van der Waals surface area contributed by atoms with Crippen LogP contribution in [0.5, 0.6) is 0 Å². The third kappa shape index (κ3) is 5.31. The topological polar surface area (TPSA) is 74.3 Å². The molecule has 6 heteroatoms. The SMILES string of the molecule is CN(C)c1ccc(NC(=O)c2cncc(C(=O)NC(C)(C)C)c2)cc1. The van der Waals surface area contributed by atoms with Crippen molar-refractivity contribution in [2.75, 3.05) is 24.3 Å². The minimum atomic E-state index is -0.358. The number of nitrogens with zero attached hydrogens (tertiary/aromatic N) is 2.